The van der Waals surface area contributed by atoms with Crippen molar-refractivity contribution in [1.29, 1.82) is 0 Å². The SMILES string of the molecule is COc1cccc(-c2cnc(N)nc2[C@@H]2CCCCN2C(=O)CCc2ccc(F)cc2)c1. The quantitative estimate of drug-likeness (QED) is 0.615. The molecular formula is C25H27FN4O2. The van der Waals surface area contributed by atoms with Gasteiger partial charge in [-0.1, -0.05) is 24.3 Å². The number of benzene rings is 2. The van der Waals surface area contributed by atoms with Gasteiger partial charge in [-0.05, 0) is 61.1 Å². The van der Waals surface area contributed by atoms with Crippen LogP contribution in [0.25, 0.3) is 11.1 Å². The van der Waals surface area contributed by atoms with Gasteiger partial charge in [0.2, 0.25) is 11.9 Å². The maximum atomic E-state index is 13.2. The average Bonchev–Trinajstić information content (AvgIpc) is 2.83. The summed E-state index contributed by atoms with van der Waals surface area (Å²) in [6, 6.07) is 13.8. The van der Waals surface area contributed by atoms with Crippen molar-refractivity contribution in [2.45, 2.75) is 38.1 Å². The third kappa shape index (κ3) is 4.88. The Labute approximate surface area is 187 Å². The summed E-state index contributed by atoms with van der Waals surface area (Å²) in [4.78, 5) is 23.9. The number of likely N-dealkylation sites (tertiary alicyclic amines) is 1. The topological polar surface area (TPSA) is 81.3 Å². The first-order valence-electron chi connectivity index (χ1n) is 10.9. The van der Waals surface area contributed by atoms with Crippen LogP contribution in [0.15, 0.2) is 54.7 Å². The van der Waals surface area contributed by atoms with E-state index in [0.29, 0.717) is 19.4 Å². The summed E-state index contributed by atoms with van der Waals surface area (Å²) < 4.78 is 18.5. The van der Waals surface area contributed by atoms with Crippen LogP contribution >= 0.6 is 0 Å². The van der Waals surface area contributed by atoms with Gasteiger partial charge in [-0.15, -0.1) is 0 Å². The van der Waals surface area contributed by atoms with Crippen molar-refractivity contribution in [2.75, 3.05) is 19.4 Å². The van der Waals surface area contributed by atoms with Gasteiger partial charge in [0.05, 0.1) is 18.8 Å². The summed E-state index contributed by atoms with van der Waals surface area (Å²) >= 11 is 0. The van der Waals surface area contributed by atoms with Crippen LogP contribution in [0.1, 0.15) is 43.0 Å². The van der Waals surface area contributed by atoms with Crippen molar-refractivity contribution < 1.29 is 13.9 Å². The number of rotatable bonds is 6. The molecule has 0 saturated carbocycles. The standard InChI is InChI=1S/C25H27FN4O2/c1-32-20-6-4-5-18(15-20)21-16-28-25(27)29-24(21)22-7-2-3-14-30(22)23(31)13-10-17-8-11-19(26)12-9-17/h4-6,8-9,11-12,15-16,22H,2-3,7,10,13-14H2,1H3,(H2,27,28,29)/t22-/m0/s1. The molecule has 4 rings (SSSR count). The van der Waals surface area contributed by atoms with Gasteiger partial charge < -0.3 is 15.4 Å². The van der Waals surface area contributed by atoms with Crippen LogP contribution < -0.4 is 10.5 Å². The number of carbonyl (C=O) groups excluding carboxylic acids is 1. The van der Waals surface area contributed by atoms with Gasteiger partial charge in [-0.3, -0.25) is 4.79 Å². The third-order valence-corrected chi connectivity index (χ3v) is 5.90. The highest BCUT2D eigenvalue weighted by Gasteiger charge is 2.31. The number of piperidine rings is 1. The Morgan fingerprint density at radius 1 is 1.22 bits per heavy atom. The lowest BCUT2D eigenvalue weighted by atomic mass is 9.93. The molecule has 1 aliphatic rings. The van der Waals surface area contributed by atoms with E-state index < -0.39 is 0 Å². The zero-order valence-electron chi connectivity index (χ0n) is 18.1. The molecule has 1 saturated heterocycles. The van der Waals surface area contributed by atoms with Crippen LogP contribution in [0.5, 0.6) is 5.75 Å². The fraction of sp³-hybridized carbons (Fsp3) is 0.320. The van der Waals surface area contributed by atoms with Gasteiger partial charge in [-0.2, -0.15) is 0 Å². The minimum absolute atomic E-state index is 0.0628. The lowest BCUT2D eigenvalue weighted by molar-refractivity contribution is -0.135. The molecule has 3 aromatic rings. The van der Waals surface area contributed by atoms with E-state index in [1.165, 1.54) is 12.1 Å². The predicted octanol–water partition coefficient (Wildman–Crippen LogP) is 4.56. The van der Waals surface area contributed by atoms with Crippen molar-refractivity contribution in [3.05, 3.63) is 71.8 Å². The van der Waals surface area contributed by atoms with E-state index in [2.05, 4.69) is 9.97 Å². The van der Waals surface area contributed by atoms with Crippen molar-refractivity contribution in [1.82, 2.24) is 14.9 Å². The number of hydrogen-bond donors (Lipinski definition) is 1. The predicted molar refractivity (Wildman–Crippen MR) is 121 cm³/mol. The summed E-state index contributed by atoms with van der Waals surface area (Å²) in [6.45, 7) is 0.675. The fourth-order valence-electron chi connectivity index (χ4n) is 4.24. The summed E-state index contributed by atoms with van der Waals surface area (Å²) in [7, 11) is 1.63. The smallest absolute Gasteiger partial charge is 0.223 e. The summed E-state index contributed by atoms with van der Waals surface area (Å²) in [6.07, 6.45) is 5.42. The normalized spacial score (nSPS) is 16.1. The first kappa shape index (κ1) is 21.7. The van der Waals surface area contributed by atoms with Crippen molar-refractivity contribution in [3.8, 4) is 16.9 Å². The van der Waals surface area contributed by atoms with Crippen LogP contribution in [0.4, 0.5) is 10.3 Å². The molecule has 0 radical (unpaired) electrons. The first-order valence-corrected chi connectivity index (χ1v) is 10.9. The number of carbonyl (C=O) groups is 1. The Morgan fingerprint density at radius 2 is 2.03 bits per heavy atom. The number of nitrogen functional groups attached to an aromatic ring is 1. The highest BCUT2D eigenvalue weighted by molar-refractivity contribution is 5.78. The van der Waals surface area contributed by atoms with Gasteiger partial charge in [0, 0.05) is 24.7 Å². The van der Waals surface area contributed by atoms with Gasteiger partial charge in [0.15, 0.2) is 0 Å². The number of anilines is 1. The van der Waals surface area contributed by atoms with E-state index in [-0.39, 0.29) is 23.7 Å². The highest BCUT2D eigenvalue weighted by Crippen LogP contribution is 2.37. The largest absolute Gasteiger partial charge is 0.497 e. The molecule has 1 amide bonds. The third-order valence-electron chi connectivity index (χ3n) is 5.90. The van der Waals surface area contributed by atoms with Crippen LogP contribution in [-0.2, 0) is 11.2 Å². The van der Waals surface area contributed by atoms with Gasteiger partial charge in [-0.25, -0.2) is 14.4 Å². The van der Waals surface area contributed by atoms with Crippen molar-refractivity contribution in [2.24, 2.45) is 0 Å². The molecule has 1 atom stereocenters. The number of ether oxygens (including phenoxy) is 1. The Balaban J connectivity index is 1.61. The molecule has 2 aromatic carbocycles. The first-order chi connectivity index (χ1) is 15.5. The van der Waals surface area contributed by atoms with E-state index in [1.54, 1.807) is 25.4 Å². The molecule has 166 valence electrons. The van der Waals surface area contributed by atoms with Crippen LogP contribution in [0.3, 0.4) is 0 Å². The number of nitrogens with two attached hydrogens (primary N) is 1. The molecule has 1 fully saturated rings. The average molecular weight is 435 g/mol. The molecule has 0 bridgehead atoms. The van der Waals surface area contributed by atoms with Gasteiger partial charge in [0.25, 0.3) is 0 Å². The number of hydrogen-bond acceptors (Lipinski definition) is 5. The maximum Gasteiger partial charge on any atom is 0.223 e. The van der Waals surface area contributed by atoms with Crippen molar-refractivity contribution in [3.63, 3.8) is 0 Å². The molecule has 32 heavy (non-hydrogen) atoms. The van der Waals surface area contributed by atoms with E-state index in [0.717, 1.165) is 47.4 Å². The fourth-order valence-corrected chi connectivity index (χ4v) is 4.24. The van der Waals surface area contributed by atoms with Crippen LogP contribution in [-0.4, -0.2) is 34.4 Å². The minimum Gasteiger partial charge on any atom is -0.497 e. The number of methoxy groups -OCH3 is 1. The number of aryl methyl sites for hydroxylation is 1. The molecule has 2 N–H and O–H groups in total. The zero-order valence-corrected chi connectivity index (χ0v) is 18.1. The molecule has 2 heterocycles. The van der Waals surface area contributed by atoms with E-state index in [1.807, 2.05) is 29.2 Å². The Morgan fingerprint density at radius 3 is 2.81 bits per heavy atom. The molecule has 7 heteroatoms. The Kier molecular flexibility index (Phi) is 6.63. The molecule has 0 unspecified atom stereocenters. The Hall–Kier alpha value is -3.48. The second-order valence-corrected chi connectivity index (χ2v) is 7.98. The van der Waals surface area contributed by atoms with E-state index >= 15 is 0 Å². The summed E-state index contributed by atoms with van der Waals surface area (Å²) in [5, 5.41) is 0. The van der Waals surface area contributed by atoms with E-state index in [9.17, 15) is 9.18 Å². The lowest BCUT2D eigenvalue weighted by Gasteiger charge is -2.36. The molecular weight excluding hydrogens is 407 g/mol. The van der Waals surface area contributed by atoms with Crippen LogP contribution in [0, 0.1) is 5.82 Å². The zero-order chi connectivity index (χ0) is 22.5. The van der Waals surface area contributed by atoms with Crippen LogP contribution in [0.2, 0.25) is 0 Å². The summed E-state index contributed by atoms with van der Waals surface area (Å²) in [5.41, 5.74) is 9.43. The molecule has 0 aliphatic carbocycles. The number of nitrogens with zero attached hydrogens (tertiary/aromatic N) is 3. The maximum absolute atomic E-state index is 13.2. The lowest BCUT2D eigenvalue weighted by Crippen LogP contribution is -2.39. The van der Waals surface area contributed by atoms with Gasteiger partial charge in [0.1, 0.15) is 11.6 Å². The van der Waals surface area contributed by atoms with Crippen molar-refractivity contribution >= 4 is 11.9 Å². The highest BCUT2D eigenvalue weighted by atomic mass is 19.1. The second-order valence-electron chi connectivity index (χ2n) is 7.98. The second kappa shape index (κ2) is 9.77. The molecule has 1 aromatic heterocycles. The summed E-state index contributed by atoms with van der Waals surface area (Å²) in [5.74, 6) is 0.715. The van der Waals surface area contributed by atoms with E-state index in [4.69, 9.17) is 10.5 Å². The Bertz CT molecular complexity index is 1090. The molecule has 6 nitrogen and oxygen atoms in total. The molecule has 0 spiro atoms. The monoisotopic (exact) mass is 434 g/mol. The van der Waals surface area contributed by atoms with Gasteiger partial charge >= 0.3 is 0 Å². The number of aromatic nitrogens is 2. The number of amides is 1. The minimum atomic E-state index is -0.275. The molecule has 1 aliphatic heterocycles. The number of halogens is 1.